The molecule has 2 aromatic heterocycles. The molecule has 1 amide bonds. The third-order valence-electron chi connectivity index (χ3n) is 6.64. The van der Waals surface area contributed by atoms with Gasteiger partial charge in [-0.1, -0.05) is 19.3 Å². The standard InChI is InChI=1S/C21H28N4OS/c1-23-20-16-9-14-27-18(16)8-7-17(20)19(22-23)21(26)25-12-10-24(11-13-25)15-5-3-2-4-6-15/h9,14-15H,2-8,10-13H2,1H3. The second kappa shape index (κ2) is 7.06. The van der Waals surface area contributed by atoms with Crippen molar-refractivity contribution in [2.75, 3.05) is 26.2 Å². The van der Waals surface area contributed by atoms with E-state index in [1.54, 1.807) is 0 Å². The lowest BCUT2D eigenvalue weighted by Crippen LogP contribution is -2.52. The van der Waals surface area contributed by atoms with Gasteiger partial charge in [0.15, 0.2) is 5.69 Å². The van der Waals surface area contributed by atoms with Gasteiger partial charge in [-0.05, 0) is 37.1 Å². The molecule has 0 unspecified atom stereocenters. The van der Waals surface area contributed by atoms with Gasteiger partial charge in [0.05, 0.1) is 5.69 Å². The van der Waals surface area contributed by atoms with Crippen LogP contribution >= 0.6 is 11.3 Å². The molecule has 2 fully saturated rings. The maximum absolute atomic E-state index is 13.3. The van der Waals surface area contributed by atoms with Crippen molar-refractivity contribution in [3.8, 4) is 11.3 Å². The highest BCUT2D eigenvalue weighted by atomic mass is 32.1. The van der Waals surface area contributed by atoms with Crippen molar-refractivity contribution in [3.05, 3.63) is 27.6 Å². The van der Waals surface area contributed by atoms with Gasteiger partial charge in [-0.25, -0.2) is 0 Å². The molecule has 2 aliphatic carbocycles. The lowest BCUT2D eigenvalue weighted by Gasteiger charge is -2.40. The molecule has 0 aromatic carbocycles. The Kier molecular flexibility index (Phi) is 4.56. The van der Waals surface area contributed by atoms with Crippen LogP contribution in [0.3, 0.4) is 0 Å². The summed E-state index contributed by atoms with van der Waals surface area (Å²) in [6.45, 7) is 3.70. The number of hydrogen-bond donors (Lipinski definition) is 0. The molecular weight excluding hydrogens is 356 g/mol. The molecule has 1 saturated carbocycles. The fraction of sp³-hybridized carbons (Fsp3) is 0.619. The molecule has 5 rings (SSSR count). The number of hydrogen-bond acceptors (Lipinski definition) is 4. The van der Waals surface area contributed by atoms with Gasteiger partial charge in [-0.2, -0.15) is 5.10 Å². The molecule has 0 spiro atoms. The quantitative estimate of drug-likeness (QED) is 0.797. The van der Waals surface area contributed by atoms with Crippen molar-refractivity contribution in [1.29, 1.82) is 0 Å². The van der Waals surface area contributed by atoms with Crippen molar-refractivity contribution in [3.63, 3.8) is 0 Å². The fourth-order valence-corrected chi connectivity index (χ4v) is 6.06. The van der Waals surface area contributed by atoms with Crippen molar-refractivity contribution >= 4 is 17.2 Å². The van der Waals surface area contributed by atoms with Gasteiger partial charge in [0.25, 0.3) is 5.91 Å². The first-order valence-electron chi connectivity index (χ1n) is 10.4. The van der Waals surface area contributed by atoms with Gasteiger partial charge in [0.1, 0.15) is 0 Å². The Bertz CT molecular complexity index is 840. The van der Waals surface area contributed by atoms with E-state index in [1.165, 1.54) is 42.5 Å². The molecule has 3 aliphatic rings. The van der Waals surface area contributed by atoms with E-state index < -0.39 is 0 Å². The van der Waals surface area contributed by atoms with Crippen LogP contribution < -0.4 is 0 Å². The zero-order valence-electron chi connectivity index (χ0n) is 16.1. The molecule has 5 nitrogen and oxygen atoms in total. The van der Waals surface area contributed by atoms with Crippen molar-refractivity contribution < 1.29 is 4.79 Å². The summed E-state index contributed by atoms with van der Waals surface area (Å²) >= 11 is 1.82. The first kappa shape index (κ1) is 17.4. The first-order chi connectivity index (χ1) is 13.2. The fourth-order valence-electron chi connectivity index (χ4n) is 5.18. The highest BCUT2D eigenvalue weighted by Crippen LogP contribution is 2.38. The minimum absolute atomic E-state index is 0.133. The van der Waals surface area contributed by atoms with E-state index in [2.05, 4.69) is 21.4 Å². The van der Waals surface area contributed by atoms with Crippen LogP contribution in [-0.2, 0) is 19.9 Å². The van der Waals surface area contributed by atoms with Crippen LogP contribution in [0.25, 0.3) is 11.3 Å². The summed E-state index contributed by atoms with van der Waals surface area (Å²) in [5.74, 6) is 0.133. The van der Waals surface area contributed by atoms with E-state index in [1.807, 2.05) is 28.0 Å². The van der Waals surface area contributed by atoms with Crippen LogP contribution in [0.5, 0.6) is 0 Å². The average Bonchev–Trinajstić information content (AvgIpc) is 3.32. The van der Waals surface area contributed by atoms with Crippen LogP contribution in [0.4, 0.5) is 0 Å². The number of nitrogens with zero attached hydrogens (tertiary/aromatic N) is 4. The van der Waals surface area contributed by atoms with Gasteiger partial charge >= 0.3 is 0 Å². The van der Waals surface area contributed by atoms with Crippen LogP contribution in [-0.4, -0.2) is 57.7 Å². The topological polar surface area (TPSA) is 41.4 Å². The lowest BCUT2D eigenvalue weighted by atomic mass is 9.93. The van der Waals surface area contributed by atoms with E-state index in [0.717, 1.165) is 56.3 Å². The predicted octanol–water partition coefficient (Wildman–Crippen LogP) is 3.34. The third-order valence-corrected chi connectivity index (χ3v) is 7.62. The molecule has 0 bridgehead atoms. The minimum Gasteiger partial charge on any atom is -0.335 e. The van der Waals surface area contributed by atoms with E-state index in [-0.39, 0.29) is 5.91 Å². The SMILES string of the molecule is Cn1nc(C(=O)N2CCN(C3CCCCC3)CC2)c2c1-c1ccsc1CC2. The zero-order valence-corrected chi connectivity index (χ0v) is 16.9. The monoisotopic (exact) mass is 384 g/mol. The average molecular weight is 385 g/mol. The van der Waals surface area contributed by atoms with Gasteiger partial charge in [-0.15, -0.1) is 11.3 Å². The number of thiophene rings is 1. The summed E-state index contributed by atoms with van der Waals surface area (Å²) in [4.78, 5) is 19.3. The van der Waals surface area contributed by atoms with Crippen LogP contribution in [0.15, 0.2) is 11.4 Å². The molecule has 1 aliphatic heterocycles. The molecule has 6 heteroatoms. The molecule has 0 N–H and O–H groups in total. The smallest absolute Gasteiger partial charge is 0.274 e. The largest absolute Gasteiger partial charge is 0.335 e. The Morgan fingerprint density at radius 1 is 1.11 bits per heavy atom. The normalized spacial score (nSPS) is 21.1. The van der Waals surface area contributed by atoms with Gasteiger partial charge in [-0.3, -0.25) is 14.4 Å². The summed E-state index contributed by atoms with van der Waals surface area (Å²) in [7, 11) is 1.98. The maximum Gasteiger partial charge on any atom is 0.274 e. The Balaban J connectivity index is 1.32. The second-order valence-corrected chi connectivity index (χ2v) is 9.18. The second-order valence-electron chi connectivity index (χ2n) is 8.18. The Labute approximate surface area is 165 Å². The number of carbonyl (C=O) groups excluding carboxylic acids is 1. The molecule has 0 atom stereocenters. The minimum atomic E-state index is 0.133. The van der Waals surface area contributed by atoms with E-state index in [4.69, 9.17) is 0 Å². The molecule has 3 heterocycles. The Morgan fingerprint density at radius 2 is 1.89 bits per heavy atom. The number of carbonyl (C=O) groups is 1. The van der Waals surface area contributed by atoms with Crippen molar-refractivity contribution in [1.82, 2.24) is 19.6 Å². The number of aryl methyl sites for hydroxylation is 2. The van der Waals surface area contributed by atoms with Gasteiger partial charge in [0, 0.05) is 55.3 Å². The summed E-state index contributed by atoms with van der Waals surface area (Å²) in [5.41, 5.74) is 4.28. The molecule has 1 saturated heterocycles. The van der Waals surface area contributed by atoms with Crippen molar-refractivity contribution in [2.45, 2.75) is 51.0 Å². The van der Waals surface area contributed by atoms with E-state index >= 15 is 0 Å². The lowest BCUT2D eigenvalue weighted by molar-refractivity contribution is 0.0517. The molecule has 2 aromatic rings. The molecule has 0 radical (unpaired) electrons. The van der Waals surface area contributed by atoms with Gasteiger partial charge in [0.2, 0.25) is 0 Å². The summed E-state index contributed by atoms with van der Waals surface area (Å²) in [6.07, 6.45) is 8.77. The molecule has 27 heavy (non-hydrogen) atoms. The zero-order chi connectivity index (χ0) is 18.4. The number of piperazine rings is 1. The third kappa shape index (κ3) is 3.03. The molecular formula is C21H28N4OS. The Hall–Kier alpha value is -1.66. The number of aromatic nitrogens is 2. The number of amides is 1. The van der Waals surface area contributed by atoms with Crippen LogP contribution in [0.1, 0.15) is 53.0 Å². The number of rotatable bonds is 2. The first-order valence-corrected chi connectivity index (χ1v) is 11.3. The van der Waals surface area contributed by atoms with Gasteiger partial charge < -0.3 is 4.90 Å². The highest BCUT2D eigenvalue weighted by molar-refractivity contribution is 7.10. The van der Waals surface area contributed by atoms with Crippen molar-refractivity contribution in [2.24, 2.45) is 7.05 Å². The van der Waals surface area contributed by atoms with E-state index in [9.17, 15) is 4.79 Å². The highest BCUT2D eigenvalue weighted by Gasteiger charge is 2.32. The summed E-state index contributed by atoms with van der Waals surface area (Å²) in [5, 5.41) is 6.82. The van der Waals surface area contributed by atoms with Crippen LogP contribution in [0.2, 0.25) is 0 Å². The van der Waals surface area contributed by atoms with E-state index in [0.29, 0.717) is 5.69 Å². The predicted molar refractivity (Wildman–Crippen MR) is 108 cm³/mol. The Morgan fingerprint density at radius 3 is 2.67 bits per heavy atom. The summed E-state index contributed by atoms with van der Waals surface area (Å²) in [6, 6.07) is 2.92. The van der Waals surface area contributed by atoms with Crippen LogP contribution in [0, 0.1) is 0 Å². The maximum atomic E-state index is 13.3. The number of fused-ring (bicyclic) bond motifs is 3. The summed E-state index contributed by atoms with van der Waals surface area (Å²) < 4.78 is 1.92. The molecule has 144 valence electrons.